The standard InChI is InChI=1S/C22H25BrClN3O3/c1-29-20-12-16(11-19(23)21(20)30-2)13-25-26-22(28)17-7-9-27(10-8-17)14-15-3-5-18(24)6-4-15/h3-6,11-13,17H,7-10,14H2,1-2H3,(H,26,28)/b25-13+. The monoisotopic (exact) mass is 493 g/mol. The number of amides is 1. The smallest absolute Gasteiger partial charge is 0.243 e. The molecule has 0 unspecified atom stereocenters. The lowest BCUT2D eigenvalue weighted by molar-refractivity contribution is -0.126. The van der Waals surface area contributed by atoms with Crippen LogP contribution in [-0.4, -0.2) is 44.3 Å². The Bertz CT molecular complexity index is 897. The summed E-state index contributed by atoms with van der Waals surface area (Å²) < 4.78 is 11.4. The van der Waals surface area contributed by atoms with Crippen LogP contribution in [0.2, 0.25) is 5.02 Å². The lowest BCUT2D eigenvalue weighted by Gasteiger charge is -2.30. The SMILES string of the molecule is COc1cc(/C=N/NC(=O)C2CCN(Cc3ccc(Cl)cc3)CC2)cc(Br)c1OC. The number of benzene rings is 2. The molecule has 3 rings (SSSR count). The van der Waals surface area contributed by atoms with Crippen molar-refractivity contribution in [3.63, 3.8) is 0 Å². The highest BCUT2D eigenvalue weighted by atomic mass is 79.9. The topological polar surface area (TPSA) is 63.2 Å². The fraction of sp³-hybridized carbons (Fsp3) is 0.364. The maximum Gasteiger partial charge on any atom is 0.243 e. The van der Waals surface area contributed by atoms with Crippen molar-refractivity contribution in [2.45, 2.75) is 19.4 Å². The Hall–Kier alpha value is -2.09. The van der Waals surface area contributed by atoms with E-state index in [2.05, 4.69) is 31.4 Å². The number of ether oxygens (including phenoxy) is 2. The van der Waals surface area contributed by atoms with Gasteiger partial charge in [0.25, 0.3) is 0 Å². The van der Waals surface area contributed by atoms with E-state index in [1.165, 1.54) is 5.56 Å². The van der Waals surface area contributed by atoms with Gasteiger partial charge in [0, 0.05) is 17.5 Å². The van der Waals surface area contributed by atoms with E-state index in [-0.39, 0.29) is 11.8 Å². The third-order valence-electron chi connectivity index (χ3n) is 5.12. The Morgan fingerprint density at radius 1 is 1.23 bits per heavy atom. The van der Waals surface area contributed by atoms with E-state index in [0.29, 0.717) is 11.5 Å². The van der Waals surface area contributed by atoms with Crippen LogP contribution in [0.25, 0.3) is 0 Å². The van der Waals surface area contributed by atoms with Crippen LogP contribution in [0.5, 0.6) is 11.5 Å². The van der Waals surface area contributed by atoms with Crippen molar-refractivity contribution < 1.29 is 14.3 Å². The summed E-state index contributed by atoms with van der Waals surface area (Å²) in [4.78, 5) is 14.8. The molecule has 0 radical (unpaired) electrons. The zero-order valence-electron chi connectivity index (χ0n) is 17.0. The van der Waals surface area contributed by atoms with Gasteiger partial charge in [-0.15, -0.1) is 0 Å². The molecule has 1 aliphatic heterocycles. The zero-order valence-corrected chi connectivity index (χ0v) is 19.4. The number of halogens is 2. The lowest BCUT2D eigenvalue weighted by atomic mass is 9.96. The molecule has 2 aromatic rings. The van der Waals surface area contributed by atoms with E-state index in [1.54, 1.807) is 26.5 Å². The average Bonchev–Trinajstić information content (AvgIpc) is 2.75. The molecular formula is C22H25BrClN3O3. The van der Waals surface area contributed by atoms with Gasteiger partial charge in [0.1, 0.15) is 0 Å². The van der Waals surface area contributed by atoms with Crippen LogP contribution < -0.4 is 14.9 Å². The summed E-state index contributed by atoms with van der Waals surface area (Å²) in [5.74, 6) is 1.13. The molecule has 0 spiro atoms. The molecule has 0 bridgehead atoms. The summed E-state index contributed by atoms with van der Waals surface area (Å²) in [7, 11) is 3.16. The van der Waals surface area contributed by atoms with Crippen molar-refractivity contribution in [2.75, 3.05) is 27.3 Å². The molecule has 1 N–H and O–H groups in total. The normalized spacial score (nSPS) is 15.3. The average molecular weight is 495 g/mol. The number of likely N-dealkylation sites (tertiary alicyclic amines) is 1. The first-order valence-electron chi connectivity index (χ1n) is 9.71. The van der Waals surface area contributed by atoms with Crippen LogP contribution in [0.15, 0.2) is 46.0 Å². The van der Waals surface area contributed by atoms with E-state index in [0.717, 1.165) is 47.5 Å². The molecule has 6 nitrogen and oxygen atoms in total. The van der Waals surface area contributed by atoms with Crippen LogP contribution in [-0.2, 0) is 11.3 Å². The third kappa shape index (κ3) is 5.97. The maximum absolute atomic E-state index is 12.5. The molecule has 1 fully saturated rings. The first-order chi connectivity index (χ1) is 14.5. The lowest BCUT2D eigenvalue weighted by Crippen LogP contribution is -2.39. The highest BCUT2D eigenvalue weighted by Gasteiger charge is 2.24. The highest BCUT2D eigenvalue weighted by molar-refractivity contribution is 9.10. The van der Waals surface area contributed by atoms with Crippen molar-refractivity contribution in [1.82, 2.24) is 10.3 Å². The van der Waals surface area contributed by atoms with Gasteiger partial charge in [0.2, 0.25) is 5.91 Å². The Morgan fingerprint density at radius 3 is 2.57 bits per heavy atom. The number of nitrogens with zero attached hydrogens (tertiary/aromatic N) is 2. The molecule has 1 amide bonds. The molecule has 0 aliphatic carbocycles. The van der Waals surface area contributed by atoms with Crippen molar-refractivity contribution in [2.24, 2.45) is 11.0 Å². The fourth-order valence-corrected chi connectivity index (χ4v) is 4.22. The second-order valence-corrected chi connectivity index (χ2v) is 8.44. The van der Waals surface area contributed by atoms with Gasteiger partial charge >= 0.3 is 0 Å². The van der Waals surface area contributed by atoms with Gasteiger partial charge in [-0.3, -0.25) is 9.69 Å². The Labute approximate surface area is 190 Å². The predicted molar refractivity (Wildman–Crippen MR) is 122 cm³/mol. The molecule has 30 heavy (non-hydrogen) atoms. The predicted octanol–water partition coefficient (Wildman–Crippen LogP) is 4.48. The number of hydrogen-bond acceptors (Lipinski definition) is 5. The van der Waals surface area contributed by atoms with E-state index in [4.69, 9.17) is 21.1 Å². The molecule has 1 heterocycles. The number of nitrogens with one attached hydrogen (secondary N) is 1. The van der Waals surface area contributed by atoms with Gasteiger partial charge in [-0.05, 0) is 77.3 Å². The number of piperidine rings is 1. The molecule has 1 aliphatic rings. The number of rotatable bonds is 7. The number of carbonyl (C=O) groups is 1. The van der Waals surface area contributed by atoms with Gasteiger partial charge in [-0.25, -0.2) is 5.43 Å². The second-order valence-electron chi connectivity index (χ2n) is 7.15. The summed E-state index contributed by atoms with van der Waals surface area (Å²) in [6.07, 6.45) is 3.23. The number of hydrazone groups is 1. The third-order valence-corrected chi connectivity index (χ3v) is 5.96. The Balaban J connectivity index is 1.49. The van der Waals surface area contributed by atoms with E-state index in [9.17, 15) is 4.79 Å². The molecule has 0 aromatic heterocycles. The van der Waals surface area contributed by atoms with Gasteiger partial charge < -0.3 is 9.47 Å². The minimum Gasteiger partial charge on any atom is -0.493 e. The quantitative estimate of drug-likeness (QED) is 0.455. The van der Waals surface area contributed by atoms with Crippen molar-refractivity contribution in [3.8, 4) is 11.5 Å². The highest BCUT2D eigenvalue weighted by Crippen LogP contribution is 2.35. The van der Waals surface area contributed by atoms with Crippen molar-refractivity contribution in [1.29, 1.82) is 0 Å². The molecule has 8 heteroatoms. The first kappa shape index (κ1) is 22.6. The van der Waals surface area contributed by atoms with Crippen LogP contribution in [0, 0.1) is 5.92 Å². The Kier molecular flexibility index (Phi) is 8.13. The van der Waals surface area contributed by atoms with Crippen molar-refractivity contribution in [3.05, 3.63) is 57.0 Å². The molecular weight excluding hydrogens is 470 g/mol. The Morgan fingerprint density at radius 2 is 1.93 bits per heavy atom. The molecule has 0 atom stereocenters. The maximum atomic E-state index is 12.5. The van der Waals surface area contributed by atoms with Gasteiger partial charge in [-0.2, -0.15) is 5.10 Å². The number of hydrogen-bond donors (Lipinski definition) is 1. The summed E-state index contributed by atoms with van der Waals surface area (Å²) in [5.41, 5.74) is 4.69. The largest absolute Gasteiger partial charge is 0.493 e. The molecule has 0 saturated carbocycles. The minimum atomic E-state index is -0.0445. The number of methoxy groups -OCH3 is 2. The first-order valence-corrected chi connectivity index (χ1v) is 10.9. The van der Waals surface area contributed by atoms with Crippen LogP contribution >= 0.6 is 27.5 Å². The van der Waals surface area contributed by atoms with Crippen molar-refractivity contribution >= 4 is 39.7 Å². The van der Waals surface area contributed by atoms with E-state index in [1.807, 2.05) is 30.3 Å². The zero-order chi connectivity index (χ0) is 21.5. The van der Waals surface area contributed by atoms with E-state index >= 15 is 0 Å². The minimum absolute atomic E-state index is 0.0271. The number of carbonyl (C=O) groups excluding carboxylic acids is 1. The summed E-state index contributed by atoms with van der Waals surface area (Å²) in [6, 6.07) is 11.6. The van der Waals surface area contributed by atoms with Gasteiger partial charge in [0.05, 0.1) is 24.9 Å². The summed E-state index contributed by atoms with van der Waals surface area (Å²) in [5, 5.41) is 4.86. The fourth-order valence-electron chi connectivity index (χ4n) is 3.48. The molecule has 160 valence electrons. The summed E-state index contributed by atoms with van der Waals surface area (Å²) in [6.45, 7) is 2.64. The van der Waals surface area contributed by atoms with Gasteiger partial charge in [0.15, 0.2) is 11.5 Å². The van der Waals surface area contributed by atoms with E-state index < -0.39 is 0 Å². The van der Waals surface area contributed by atoms with Crippen LogP contribution in [0.1, 0.15) is 24.0 Å². The second kappa shape index (κ2) is 10.8. The van der Waals surface area contributed by atoms with Gasteiger partial charge in [-0.1, -0.05) is 23.7 Å². The van der Waals surface area contributed by atoms with Crippen LogP contribution in [0.3, 0.4) is 0 Å². The molecule has 2 aromatic carbocycles. The van der Waals surface area contributed by atoms with Crippen LogP contribution in [0.4, 0.5) is 0 Å². The summed E-state index contributed by atoms with van der Waals surface area (Å²) >= 11 is 9.39. The molecule has 1 saturated heterocycles.